The fourth-order valence-corrected chi connectivity index (χ4v) is 4.20. The second-order valence-electron chi connectivity index (χ2n) is 7.79. The number of nitro benzene ring substituents is 1. The highest BCUT2D eigenvalue weighted by Crippen LogP contribution is 2.29. The number of unbranched alkanes of at least 4 members (excludes halogenated alkanes) is 1. The van der Waals surface area contributed by atoms with E-state index in [9.17, 15) is 14.9 Å². The van der Waals surface area contributed by atoms with Crippen LogP contribution in [0.5, 0.6) is 0 Å². The quantitative estimate of drug-likeness (QED) is 0.231. The van der Waals surface area contributed by atoms with Gasteiger partial charge >= 0.3 is 0 Å². The molecule has 10 heteroatoms. The van der Waals surface area contributed by atoms with Crippen molar-refractivity contribution in [2.45, 2.75) is 32.9 Å². The van der Waals surface area contributed by atoms with Crippen LogP contribution in [0.25, 0.3) is 21.9 Å². The van der Waals surface area contributed by atoms with E-state index in [0.717, 1.165) is 22.8 Å². The van der Waals surface area contributed by atoms with Crippen molar-refractivity contribution < 1.29 is 9.72 Å². The number of imidazole rings is 1. The maximum Gasteiger partial charge on any atom is 0.275 e. The molecule has 4 rings (SSSR count). The van der Waals surface area contributed by atoms with Crippen LogP contribution >= 0.6 is 11.6 Å². The molecule has 2 heterocycles. The number of aryl methyl sites for hydroxylation is 1. The monoisotopic (exact) mass is 466 g/mol. The maximum absolute atomic E-state index is 12.2. The molecule has 33 heavy (non-hydrogen) atoms. The molecular formula is C23H23ClN6O3. The normalized spacial score (nSPS) is 11.2. The Morgan fingerprint density at radius 3 is 2.76 bits per heavy atom. The summed E-state index contributed by atoms with van der Waals surface area (Å²) < 4.78 is 2.05. The molecule has 0 atom stereocenters. The van der Waals surface area contributed by atoms with Gasteiger partial charge in [-0.3, -0.25) is 14.9 Å². The largest absolute Gasteiger partial charge is 0.382 e. The van der Waals surface area contributed by atoms with Crippen LogP contribution in [0.15, 0.2) is 48.8 Å². The highest BCUT2D eigenvalue weighted by molar-refractivity contribution is 6.31. The van der Waals surface area contributed by atoms with Crippen molar-refractivity contribution in [3.8, 4) is 0 Å². The van der Waals surface area contributed by atoms with Gasteiger partial charge in [-0.15, -0.1) is 0 Å². The Hall–Kier alpha value is -3.72. The molecule has 170 valence electrons. The first-order valence-corrected chi connectivity index (χ1v) is 10.9. The fourth-order valence-electron chi connectivity index (χ4n) is 3.97. The first-order chi connectivity index (χ1) is 15.9. The van der Waals surface area contributed by atoms with Crippen LogP contribution in [0, 0.1) is 10.1 Å². The third-order valence-electron chi connectivity index (χ3n) is 5.64. The van der Waals surface area contributed by atoms with Crippen molar-refractivity contribution >= 4 is 50.9 Å². The van der Waals surface area contributed by atoms with Gasteiger partial charge in [0.1, 0.15) is 5.52 Å². The molecule has 2 aromatic heterocycles. The number of carbonyl (C=O) groups excluding carboxylic acids is 1. The number of anilines is 1. The summed E-state index contributed by atoms with van der Waals surface area (Å²) in [6, 6.07) is 12.3. The Morgan fingerprint density at radius 2 is 2.00 bits per heavy atom. The SMILES string of the molecule is CC(=O)N(CCCCn1cnc2c(N)nc3ccccc3c21)Cc1c(Cl)cccc1[N+](=O)[O-]. The number of nitro groups is 1. The first-order valence-electron chi connectivity index (χ1n) is 10.5. The van der Waals surface area contributed by atoms with Crippen LogP contribution in [0.1, 0.15) is 25.3 Å². The topological polar surface area (TPSA) is 120 Å². The van der Waals surface area contributed by atoms with Crippen LogP contribution in [0.3, 0.4) is 0 Å². The number of fused-ring (bicyclic) bond motifs is 3. The number of para-hydroxylation sites is 1. The number of nitrogen functional groups attached to an aromatic ring is 1. The maximum atomic E-state index is 12.2. The van der Waals surface area contributed by atoms with Gasteiger partial charge in [0.15, 0.2) is 5.82 Å². The number of halogens is 1. The molecule has 0 bridgehead atoms. The van der Waals surface area contributed by atoms with E-state index in [1.165, 1.54) is 19.1 Å². The molecular weight excluding hydrogens is 444 g/mol. The Labute approximate surface area is 194 Å². The number of benzene rings is 2. The van der Waals surface area contributed by atoms with E-state index in [4.69, 9.17) is 17.3 Å². The number of aromatic nitrogens is 3. The molecule has 1 amide bonds. The number of hydrogen-bond donors (Lipinski definition) is 1. The number of hydrogen-bond acceptors (Lipinski definition) is 6. The van der Waals surface area contributed by atoms with Crippen LogP contribution in [0.2, 0.25) is 5.02 Å². The Morgan fingerprint density at radius 1 is 1.21 bits per heavy atom. The molecule has 0 saturated carbocycles. The number of rotatable bonds is 8. The molecule has 0 radical (unpaired) electrons. The van der Waals surface area contributed by atoms with Crippen molar-refractivity contribution in [1.29, 1.82) is 0 Å². The van der Waals surface area contributed by atoms with Crippen molar-refractivity contribution in [2.75, 3.05) is 12.3 Å². The number of pyridine rings is 1. The van der Waals surface area contributed by atoms with Crippen LogP contribution in [-0.4, -0.2) is 36.8 Å². The zero-order chi connectivity index (χ0) is 23.5. The molecule has 0 aliphatic carbocycles. The molecule has 9 nitrogen and oxygen atoms in total. The lowest BCUT2D eigenvalue weighted by atomic mass is 10.1. The molecule has 2 N–H and O–H groups in total. The fraction of sp³-hybridized carbons (Fsp3) is 0.261. The molecule has 0 aliphatic heterocycles. The minimum absolute atomic E-state index is 0.0864. The average Bonchev–Trinajstić information content (AvgIpc) is 3.21. The van der Waals surface area contributed by atoms with Crippen molar-refractivity contribution in [3.63, 3.8) is 0 Å². The summed E-state index contributed by atoms with van der Waals surface area (Å²) in [6.45, 7) is 2.68. The van der Waals surface area contributed by atoms with Gasteiger partial charge in [0.2, 0.25) is 5.91 Å². The van der Waals surface area contributed by atoms with E-state index in [2.05, 4.69) is 9.97 Å². The van der Waals surface area contributed by atoms with Gasteiger partial charge < -0.3 is 15.2 Å². The standard InChI is InChI=1S/C23H23ClN6O3/c1-15(31)28(13-17-18(24)8-6-10-20(17)30(32)33)11-4-5-12-29-14-26-21-22(29)16-7-2-3-9-19(16)27-23(21)25/h2-3,6-10,14H,4-5,11-13H2,1H3,(H2,25,27). The Kier molecular flexibility index (Phi) is 6.41. The Balaban J connectivity index is 1.47. The predicted molar refractivity (Wildman–Crippen MR) is 128 cm³/mol. The highest BCUT2D eigenvalue weighted by Gasteiger charge is 2.20. The van der Waals surface area contributed by atoms with Gasteiger partial charge in [-0.2, -0.15) is 0 Å². The van der Waals surface area contributed by atoms with E-state index in [1.807, 2.05) is 28.8 Å². The van der Waals surface area contributed by atoms with E-state index in [1.54, 1.807) is 17.3 Å². The third kappa shape index (κ3) is 4.58. The lowest BCUT2D eigenvalue weighted by Gasteiger charge is -2.21. The van der Waals surface area contributed by atoms with Gasteiger partial charge in [0, 0.05) is 31.5 Å². The summed E-state index contributed by atoms with van der Waals surface area (Å²) in [5.41, 5.74) is 8.77. The number of nitrogens with zero attached hydrogens (tertiary/aromatic N) is 5. The molecule has 4 aromatic rings. The summed E-state index contributed by atoms with van der Waals surface area (Å²) in [5.74, 6) is 0.230. The van der Waals surface area contributed by atoms with E-state index >= 15 is 0 Å². The lowest BCUT2D eigenvalue weighted by Crippen LogP contribution is -2.29. The van der Waals surface area contributed by atoms with Gasteiger partial charge in [-0.05, 0) is 25.0 Å². The summed E-state index contributed by atoms with van der Waals surface area (Å²) in [5, 5.41) is 12.6. The second kappa shape index (κ2) is 9.41. The van der Waals surface area contributed by atoms with E-state index < -0.39 is 4.92 Å². The van der Waals surface area contributed by atoms with Gasteiger partial charge in [-0.1, -0.05) is 35.9 Å². The summed E-state index contributed by atoms with van der Waals surface area (Å²) >= 11 is 6.20. The molecule has 0 unspecified atom stereocenters. The van der Waals surface area contributed by atoms with E-state index in [0.29, 0.717) is 36.4 Å². The second-order valence-corrected chi connectivity index (χ2v) is 8.20. The minimum Gasteiger partial charge on any atom is -0.382 e. The van der Waals surface area contributed by atoms with Crippen molar-refractivity contribution in [3.05, 3.63) is 69.5 Å². The minimum atomic E-state index is -0.478. The molecule has 0 spiro atoms. The summed E-state index contributed by atoms with van der Waals surface area (Å²) in [7, 11) is 0. The number of carbonyl (C=O) groups is 1. The zero-order valence-corrected chi connectivity index (χ0v) is 18.8. The number of nitrogens with two attached hydrogens (primary N) is 1. The molecule has 2 aromatic carbocycles. The third-order valence-corrected chi connectivity index (χ3v) is 6.00. The zero-order valence-electron chi connectivity index (χ0n) is 18.1. The Bertz CT molecular complexity index is 1350. The smallest absolute Gasteiger partial charge is 0.275 e. The van der Waals surface area contributed by atoms with E-state index in [-0.39, 0.29) is 23.2 Å². The molecule has 0 fully saturated rings. The van der Waals surface area contributed by atoms with Crippen molar-refractivity contribution in [2.24, 2.45) is 0 Å². The summed E-state index contributed by atoms with van der Waals surface area (Å²) in [6.07, 6.45) is 3.23. The van der Waals surface area contributed by atoms with Crippen LogP contribution in [-0.2, 0) is 17.9 Å². The number of amides is 1. The predicted octanol–water partition coefficient (Wildman–Crippen LogP) is 4.56. The van der Waals surface area contributed by atoms with Crippen LogP contribution in [0.4, 0.5) is 11.5 Å². The van der Waals surface area contributed by atoms with Gasteiger partial charge in [0.05, 0.1) is 39.4 Å². The van der Waals surface area contributed by atoms with Crippen LogP contribution < -0.4 is 5.73 Å². The molecule has 0 saturated heterocycles. The lowest BCUT2D eigenvalue weighted by molar-refractivity contribution is -0.385. The molecule has 0 aliphatic rings. The van der Waals surface area contributed by atoms with Gasteiger partial charge in [-0.25, -0.2) is 9.97 Å². The van der Waals surface area contributed by atoms with Gasteiger partial charge in [0.25, 0.3) is 5.69 Å². The average molecular weight is 467 g/mol. The first kappa shape index (κ1) is 22.5. The summed E-state index contributed by atoms with van der Waals surface area (Å²) in [4.78, 5) is 33.5. The highest BCUT2D eigenvalue weighted by atomic mass is 35.5. The van der Waals surface area contributed by atoms with Crippen molar-refractivity contribution in [1.82, 2.24) is 19.4 Å².